The summed E-state index contributed by atoms with van der Waals surface area (Å²) in [5.41, 5.74) is 4.74. The molecule has 2 aromatic carbocycles. The van der Waals surface area contributed by atoms with Crippen molar-refractivity contribution in [2.24, 2.45) is 11.3 Å². The molecule has 1 atom stereocenters. The summed E-state index contributed by atoms with van der Waals surface area (Å²) in [6, 6.07) is 13.6. The fraction of sp³-hybridized carbons (Fsp3) is 0.375. The zero-order chi connectivity index (χ0) is 28.2. The van der Waals surface area contributed by atoms with E-state index in [4.69, 9.17) is 14.2 Å². The number of hydrogen-bond donors (Lipinski definition) is 1. The molecule has 1 heterocycles. The van der Waals surface area contributed by atoms with Crippen molar-refractivity contribution in [2.75, 3.05) is 19.5 Å². The molecule has 3 aromatic rings. The molecule has 0 aliphatic heterocycles. The van der Waals surface area contributed by atoms with Crippen molar-refractivity contribution < 1.29 is 23.8 Å². The summed E-state index contributed by atoms with van der Waals surface area (Å²) in [5.74, 6) is 1.01. The Morgan fingerprint density at radius 1 is 1.10 bits per heavy atom. The minimum Gasteiger partial charge on any atom is -0.493 e. The minimum absolute atomic E-state index is 0.182. The molecule has 206 valence electrons. The van der Waals surface area contributed by atoms with E-state index in [0.717, 1.165) is 46.4 Å². The number of methoxy groups -OCH3 is 2. The van der Waals surface area contributed by atoms with Gasteiger partial charge in [0.05, 0.1) is 19.8 Å². The molecule has 0 bridgehead atoms. The summed E-state index contributed by atoms with van der Waals surface area (Å²) in [5, 5.41) is 3.48. The molecule has 39 heavy (non-hydrogen) atoms. The minimum atomic E-state index is -0.410. The first-order valence-corrected chi connectivity index (χ1v) is 14.0. The average molecular weight is 548 g/mol. The molecule has 0 saturated carbocycles. The van der Waals surface area contributed by atoms with E-state index in [1.807, 2.05) is 36.4 Å². The number of rotatable bonds is 8. The van der Waals surface area contributed by atoms with Gasteiger partial charge >= 0.3 is 5.97 Å². The van der Waals surface area contributed by atoms with Crippen LogP contribution in [0.5, 0.6) is 11.5 Å². The van der Waals surface area contributed by atoms with Crippen LogP contribution in [0.1, 0.15) is 64.7 Å². The second-order valence-corrected chi connectivity index (χ2v) is 12.1. The van der Waals surface area contributed by atoms with Gasteiger partial charge in [-0.25, -0.2) is 4.79 Å². The summed E-state index contributed by atoms with van der Waals surface area (Å²) >= 11 is 1.48. The van der Waals surface area contributed by atoms with Gasteiger partial charge < -0.3 is 19.5 Å². The van der Waals surface area contributed by atoms with Gasteiger partial charge in [0.15, 0.2) is 11.5 Å². The maximum absolute atomic E-state index is 12.9. The predicted molar refractivity (Wildman–Crippen MR) is 157 cm³/mol. The zero-order valence-corrected chi connectivity index (χ0v) is 24.4. The van der Waals surface area contributed by atoms with Gasteiger partial charge in [-0.1, -0.05) is 51.1 Å². The Balaban J connectivity index is 1.47. The number of nitrogens with one attached hydrogen (secondary N) is 1. The zero-order valence-electron chi connectivity index (χ0n) is 23.6. The van der Waals surface area contributed by atoms with Crippen LogP contribution in [0.25, 0.3) is 6.08 Å². The summed E-state index contributed by atoms with van der Waals surface area (Å²) < 4.78 is 16.6. The molecular formula is C32H37NO5S. The lowest BCUT2D eigenvalue weighted by molar-refractivity contribution is -0.111. The van der Waals surface area contributed by atoms with Crippen LogP contribution in [0.3, 0.4) is 0 Å². The van der Waals surface area contributed by atoms with Gasteiger partial charge in [0.25, 0.3) is 0 Å². The summed E-state index contributed by atoms with van der Waals surface area (Å²) in [6.07, 6.45) is 5.89. The second kappa shape index (κ2) is 12.1. The maximum Gasteiger partial charge on any atom is 0.341 e. The van der Waals surface area contributed by atoms with Crippen molar-refractivity contribution in [2.45, 2.75) is 53.6 Å². The number of anilines is 1. The first-order chi connectivity index (χ1) is 18.6. The van der Waals surface area contributed by atoms with Crippen molar-refractivity contribution >= 4 is 34.3 Å². The predicted octanol–water partition coefficient (Wildman–Crippen LogP) is 7.23. The van der Waals surface area contributed by atoms with Crippen LogP contribution in [-0.4, -0.2) is 26.1 Å². The molecule has 1 unspecified atom stereocenters. The Morgan fingerprint density at radius 3 is 2.56 bits per heavy atom. The van der Waals surface area contributed by atoms with Crippen LogP contribution in [0.15, 0.2) is 48.5 Å². The first-order valence-electron chi connectivity index (χ1n) is 13.2. The quantitative estimate of drug-likeness (QED) is 0.238. The largest absolute Gasteiger partial charge is 0.493 e. The first kappa shape index (κ1) is 28.4. The Hall–Kier alpha value is -3.58. The number of fused-ring (bicyclic) bond motifs is 1. The Kier molecular flexibility index (Phi) is 8.80. The number of hydrogen-bond acceptors (Lipinski definition) is 6. The van der Waals surface area contributed by atoms with Crippen LogP contribution >= 0.6 is 11.3 Å². The lowest BCUT2D eigenvalue weighted by Gasteiger charge is -2.33. The van der Waals surface area contributed by atoms with E-state index in [0.29, 0.717) is 34.6 Å². The third-order valence-electron chi connectivity index (χ3n) is 7.38. The highest BCUT2D eigenvalue weighted by molar-refractivity contribution is 7.17. The highest BCUT2D eigenvalue weighted by Crippen LogP contribution is 2.44. The third-order valence-corrected chi connectivity index (χ3v) is 8.55. The number of amides is 1. The van der Waals surface area contributed by atoms with E-state index in [2.05, 4.69) is 39.1 Å². The van der Waals surface area contributed by atoms with Crippen molar-refractivity contribution in [3.8, 4) is 11.5 Å². The van der Waals surface area contributed by atoms with E-state index in [-0.39, 0.29) is 11.3 Å². The number of esters is 1. The average Bonchev–Trinajstić information content (AvgIpc) is 3.27. The monoisotopic (exact) mass is 547 g/mol. The molecule has 0 radical (unpaired) electrons. The van der Waals surface area contributed by atoms with Crippen molar-refractivity contribution in [1.29, 1.82) is 0 Å². The molecule has 1 aliphatic rings. The molecule has 0 spiro atoms. The van der Waals surface area contributed by atoms with Crippen molar-refractivity contribution in [1.82, 2.24) is 0 Å². The van der Waals surface area contributed by atoms with E-state index < -0.39 is 5.97 Å². The molecule has 4 rings (SSSR count). The van der Waals surface area contributed by atoms with Gasteiger partial charge in [0, 0.05) is 11.0 Å². The highest BCUT2D eigenvalue weighted by atomic mass is 32.1. The van der Waals surface area contributed by atoms with E-state index in [9.17, 15) is 9.59 Å². The number of ether oxygens (including phenoxy) is 3. The van der Waals surface area contributed by atoms with Crippen LogP contribution in [0.4, 0.5) is 5.00 Å². The molecule has 7 heteroatoms. The topological polar surface area (TPSA) is 73.9 Å². The van der Waals surface area contributed by atoms with Gasteiger partial charge in [0.2, 0.25) is 5.91 Å². The normalized spacial score (nSPS) is 15.1. The van der Waals surface area contributed by atoms with E-state index in [1.54, 1.807) is 13.2 Å². The molecule has 1 aromatic heterocycles. The summed E-state index contributed by atoms with van der Waals surface area (Å²) in [4.78, 5) is 26.7. The Morgan fingerprint density at radius 2 is 1.87 bits per heavy atom. The molecule has 1 aliphatic carbocycles. The molecule has 6 nitrogen and oxygen atoms in total. The van der Waals surface area contributed by atoms with Crippen LogP contribution < -0.4 is 14.8 Å². The molecular weight excluding hydrogens is 510 g/mol. The maximum atomic E-state index is 12.9. The van der Waals surface area contributed by atoms with E-state index >= 15 is 0 Å². The van der Waals surface area contributed by atoms with Gasteiger partial charge in [0.1, 0.15) is 11.6 Å². The van der Waals surface area contributed by atoms with Crippen LogP contribution in [0.2, 0.25) is 0 Å². The SMILES string of the molecule is COC(=O)c1c(NC(=O)C=Cc2ccc(OCc3ccccc3C)c(OC)c2)sc2c1CCC(C(C)(C)C)C2. The number of carbonyl (C=O) groups excluding carboxylic acids is 2. The smallest absolute Gasteiger partial charge is 0.341 e. The highest BCUT2D eigenvalue weighted by Gasteiger charge is 2.34. The molecule has 0 fully saturated rings. The lowest BCUT2D eigenvalue weighted by atomic mass is 9.72. The van der Waals surface area contributed by atoms with Gasteiger partial charge in [-0.15, -0.1) is 11.3 Å². The standard InChI is InChI=1S/C32H37NO5S/c1-20-9-7-8-10-22(20)19-38-25-15-11-21(17-26(25)36-5)12-16-28(34)33-30-29(31(35)37-6)24-14-13-23(32(2,3)4)18-27(24)39-30/h7-12,15-17,23H,13-14,18-19H2,1-6H3,(H,33,34). The van der Waals surface area contributed by atoms with Crippen LogP contribution in [-0.2, 0) is 29.0 Å². The fourth-order valence-corrected chi connectivity index (χ4v) is 6.21. The number of aryl methyl sites for hydroxylation is 1. The Labute approximate surface area is 235 Å². The molecule has 0 saturated heterocycles. The Bertz CT molecular complexity index is 1380. The lowest BCUT2D eigenvalue weighted by Crippen LogP contribution is -2.26. The fourth-order valence-electron chi connectivity index (χ4n) is 4.89. The van der Waals surface area contributed by atoms with Crippen molar-refractivity contribution in [3.63, 3.8) is 0 Å². The number of thiophene rings is 1. The van der Waals surface area contributed by atoms with Gasteiger partial charge in [-0.3, -0.25) is 4.79 Å². The third kappa shape index (κ3) is 6.71. The number of benzene rings is 2. The van der Waals surface area contributed by atoms with E-state index in [1.165, 1.54) is 24.5 Å². The van der Waals surface area contributed by atoms with Crippen molar-refractivity contribution in [3.05, 3.63) is 81.2 Å². The number of carbonyl (C=O) groups is 2. The van der Waals surface area contributed by atoms with Gasteiger partial charge in [-0.05, 0) is 78.0 Å². The molecule has 1 N–H and O–H groups in total. The summed E-state index contributed by atoms with van der Waals surface area (Å²) in [6.45, 7) is 9.25. The van der Waals surface area contributed by atoms with Crippen LogP contribution in [0, 0.1) is 18.3 Å². The van der Waals surface area contributed by atoms with Gasteiger partial charge in [-0.2, -0.15) is 0 Å². The summed E-state index contributed by atoms with van der Waals surface area (Å²) in [7, 11) is 2.97. The second-order valence-electron chi connectivity index (χ2n) is 11.0. The molecule has 1 amide bonds.